The van der Waals surface area contributed by atoms with Crippen LogP contribution in [0.15, 0.2) is 39.4 Å². The van der Waals surface area contributed by atoms with E-state index in [-0.39, 0.29) is 34.6 Å². The molecule has 0 fully saturated rings. The van der Waals surface area contributed by atoms with Gasteiger partial charge < -0.3 is 20.1 Å². The van der Waals surface area contributed by atoms with Gasteiger partial charge in [0.05, 0.1) is 19.0 Å². The van der Waals surface area contributed by atoms with E-state index in [0.29, 0.717) is 16.4 Å². The molecule has 33 heavy (non-hydrogen) atoms. The number of thioether (sulfide) groups is 1. The average molecular weight is 471 g/mol. The van der Waals surface area contributed by atoms with Gasteiger partial charge in [-0.25, -0.2) is 10.1 Å². The van der Waals surface area contributed by atoms with Gasteiger partial charge in [0.25, 0.3) is 5.91 Å². The van der Waals surface area contributed by atoms with Crippen LogP contribution in [-0.2, 0) is 12.8 Å². The first-order valence-corrected chi connectivity index (χ1v) is 10.2. The number of nitrogens with one attached hydrogen (secondary N) is 1. The summed E-state index contributed by atoms with van der Waals surface area (Å²) in [6.07, 6.45) is 2.82. The molecule has 0 atom stereocenters. The van der Waals surface area contributed by atoms with Gasteiger partial charge in [0.15, 0.2) is 22.3 Å². The molecule has 3 heterocycles. The van der Waals surface area contributed by atoms with Crippen LogP contribution in [0.4, 0.5) is 5.82 Å². The maximum absolute atomic E-state index is 12.8. The van der Waals surface area contributed by atoms with Crippen LogP contribution in [0, 0.1) is 0 Å². The zero-order chi connectivity index (χ0) is 23.4. The number of para-hydroxylation sites is 1. The Morgan fingerprint density at radius 3 is 2.94 bits per heavy atom. The number of ether oxygens (including phenoxy) is 1. The van der Waals surface area contributed by atoms with E-state index in [1.54, 1.807) is 36.1 Å². The lowest BCUT2D eigenvalue weighted by atomic mass is 10.2. The maximum atomic E-state index is 12.8. The molecule has 15 nitrogen and oxygen atoms in total. The molecule has 0 radical (unpaired) electrons. The Balaban J connectivity index is 1.58. The first kappa shape index (κ1) is 21.8. The second-order valence-corrected chi connectivity index (χ2v) is 7.32. The van der Waals surface area contributed by atoms with Crippen molar-refractivity contribution >= 4 is 29.7 Å². The summed E-state index contributed by atoms with van der Waals surface area (Å²) in [6, 6.07) is 4.87. The molecular formula is C17H17N11O4S. The molecule has 0 aliphatic heterocycles. The third-order valence-electron chi connectivity index (χ3n) is 4.30. The number of nitrogens with two attached hydrogens (primary N) is 1. The number of aromatic nitrogens is 8. The number of nitrogens with zero attached hydrogens (tertiary/aromatic N) is 9. The van der Waals surface area contributed by atoms with E-state index >= 15 is 0 Å². The van der Waals surface area contributed by atoms with Crippen molar-refractivity contribution in [2.24, 2.45) is 12.1 Å². The van der Waals surface area contributed by atoms with E-state index in [9.17, 15) is 9.90 Å². The van der Waals surface area contributed by atoms with Crippen molar-refractivity contribution in [1.82, 2.24) is 45.5 Å². The molecule has 0 saturated carbocycles. The number of phenols is 1. The summed E-state index contributed by atoms with van der Waals surface area (Å²) in [5, 5.41) is 37.6. The molecule has 1 aromatic carbocycles. The lowest BCUT2D eigenvalue weighted by Gasteiger charge is -2.06. The van der Waals surface area contributed by atoms with Gasteiger partial charge in [0.2, 0.25) is 11.6 Å². The molecular weight excluding hydrogens is 454 g/mol. The Morgan fingerprint density at radius 1 is 1.39 bits per heavy atom. The van der Waals surface area contributed by atoms with Gasteiger partial charge in [0, 0.05) is 18.4 Å². The molecule has 1 amide bonds. The van der Waals surface area contributed by atoms with E-state index in [0.717, 1.165) is 0 Å². The summed E-state index contributed by atoms with van der Waals surface area (Å²) >= 11 is 1.29. The van der Waals surface area contributed by atoms with Crippen molar-refractivity contribution in [2.75, 3.05) is 12.8 Å². The number of hydrogen-bond acceptors (Lipinski definition) is 13. The van der Waals surface area contributed by atoms with Crippen molar-refractivity contribution in [3.05, 3.63) is 41.5 Å². The summed E-state index contributed by atoms with van der Waals surface area (Å²) in [4.78, 5) is 12.8. The van der Waals surface area contributed by atoms with Crippen LogP contribution in [0.1, 0.15) is 21.7 Å². The standard InChI is InChI=1S/C17H17N11O4S/c1-27-8-20-23-17(27)33-7-10-12(21-26-28(10)15-14(18)24-32-25-15)16(30)22-19-6-9-4-3-5-11(31-2)13(9)29/h3-6,8,29H,7H2,1-2H3,(H2,18,24)(H,22,30)/b19-6+. The minimum atomic E-state index is -0.650. The van der Waals surface area contributed by atoms with E-state index in [2.05, 4.69) is 46.0 Å². The molecule has 0 saturated heterocycles. The molecule has 0 aliphatic rings. The van der Waals surface area contributed by atoms with E-state index in [4.69, 9.17) is 10.5 Å². The SMILES string of the molecule is COc1cccc(/C=N/NC(=O)c2nnn(-c3nonc3N)c2CSc2nncn2C)c1O. The van der Waals surface area contributed by atoms with E-state index in [1.165, 1.54) is 29.8 Å². The number of aromatic hydroxyl groups is 1. The molecule has 0 bridgehead atoms. The number of methoxy groups -OCH3 is 1. The second-order valence-electron chi connectivity index (χ2n) is 6.38. The number of benzene rings is 1. The monoisotopic (exact) mass is 471 g/mol. The number of carbonyl (C=O) groups is 1. The van der Waals surface area contributed by atoms with Crippen molar-refractivity contribution in [1.29, 1.82) is 0 Å². The zero-order valence-electron chi connectivity index (χ0n) is 17.3. The summed E-state index contributed by atoms with van der Waals surface area (Å²) in [7, 11) is 3.21. The maximum Gasteiger partial charge on any atom is 0.293 e. The molecule has 0 unspecified atom stereocenters. The number of hydrazone groups is 1. The summed E-state index contributed by atoms with van der Waals surface area (Å²) < 4.78 is 12.7. The molecule has 4 rings (SSSR count). The van der Waals surface area contributed by atoms with Gasteiger partial charge >= 0.3 is 0 Å². The van der Waals surface area contributed by atoms with E-state index < -0.39 is 5.91 Å². The number of rotatable bonds is 8. The van der Waals surface area contributed by atoms with Crippen LogP contribution in [-0.4, -0.2) is 64.4 Å². The Morgan fingerprint density at radius 2 is 2.24 bits per heavy atom. The van der Waals surface area contributed by atoms with Crippen molar-refractivity contribution in [3.63, 3.8) is 0 Å². The highest BCUT2D eigenvalue weighted by atomic mass is 32.2. The molecule has 170 valence electrons. The third-order valence-corrected chi connectivity index (χ3v) is 5.35. The lowest BCUT2D eigenvalue weighted by molar-refractivity contribution is 0.0949. The van der Waals surface area contributed by atoms with Crippen LogP contribution >= 0.6 is 11.8 Å². The van der Waals surface area contributed by atoms with Crippen LogP contribution in [0.2, 0.25) is 0 Å². The average Bonchev–Trinajstić information content (AvgIpc) is 3.53. The molecule has 16 heteroatoms. The highest BCUT2D eigenvalue weighted by molar-refractivity contribution is 7.98. The predicted molar refractivity (Wildman–Crippen MR) is 114 cm³/mol. The number of nitrogen functional groups attached to an aromatic ring is 1. The summed E-state index contributed by atoms with van der Waals surface area (Å²) in [5.41, 5.74) is 8.80. The predicted octanol–water partition coefficient (Wildman–Crippen LogP) is 0.131. The van der Waals surface area contributed by atoms with Gasteiger partial charge in [-0.1, -0.05) is 23.0 Å². The Kier molecular flexibility index (Phi) is 6.16. The van der Waals surface area contributed by atoms with Gasteiger partial charge in [-0.2, -0.15) is 9.78 Å². The topological polar surface area (TPSA) is 197 Å². The molecule has 0 spiro atoms. The number of hydrogen-bond donors (Lipinski definition) is 3. The number of aryl methyl sites for hydroxylation is 1. The van der Waals surface area contributed by atoms with Gasteiger partial charge in [0.1, 0.15) is 6.33 Å². The van der Waals surface area contributed by atoms with Crippen molar-refractivity contribution in [2.45, 2.75) is 10.9 Å². The zero-order valence-corrected chi connectivity index (χ0v) is 18.1. The highest BCUT2D eigenvalue weighted by Crippen LogP contribution is 2.28. The van der Waals surface area contributed by atoms with Crippen molar-refractivity contribution in [3.8, 4) is 17.3 Å². The van der Waals surface area contributed by atoms with Crippen LogP contribution in [0.3, 0.4) is 0 Å². The fourth-order valence-electron chi connectivity index (χ4n) is 2.67. The van der Waals surface area contributed by atoms with E-state index in [1.807, 2.05) is 0 Å². The summed E-state index contributed by atoms with van der Waals surface area (Å²) in [5.74, 6) is -0.213. The minimum Gasteiger partial charge on any atom is -0.504 e. The number of amides is 1. The van der Waals surface area contributed by atoms with Gasteiger partial charge in [-0.3, -0.25) is 4.79 Å². The Bertz CT molecular complexity index is 1310. The number of phenolic OH excluding ortho intramolecular Hbond substituents is 1. The summed E-state index contributed by atoms with van der Waals surface area (Å²) in [6.45, 7) is 0. The number of anilines is 1. The minimum absolute atomic E-state index is 0.0247. The quantitative estimate of drug-likeness (QED) is 0.179. The molecule has 4 aromatic rings. The van der Waals surface area contributed by atoms with Gasteiger partial charge in [-0.05, 0) is 22.4 Å². The first-order valence-electron chi connectivity index (χ1n) is 9.18. The normalized spacial score (nSPS) is 11.2. The second kappa shape index (κ2) is 9.35. The fraction of sp³-hybridized carbons (Fsp3) is 0.176. The van der Waals surface area contributed by atoms with Crippen LogP contribution < -0.4 is 15.9 Å². The Labute approximate surface area is 189 Å². The lowest BCUT2D eigenvalue weighted by Crippen LogP contribution is -2.20. The molecule has 4 N–H and O–H groups in total. The van der Waals surface area contributed by atoms with Crippen LogP contribution in [0.5, 0.6) is 11.5 Å². The third kappa shape index (κ3) is 4.45. The largest absolute Gasteiger partial charge is 0.504 e. The smallest absolute Gasteiger partial charge is 0.293 e. The molecule has 0 aliphatic carbocycles. The van der Waals surface area contributed by atoms with Gasteiger partial charge in [-0.15, -0.1) is 15.3 Å². The number of carbonyl (C=O) groups excluding carboxylic acids is 1. The van der Waals surface area contributed by atoms with Crippen LogP contribution in [0.25, 0.3) is 5.82 Å². The Hall–Kier alpha value is -4.47. The molecule has 3 aromatic heterocycles. The van der Waals surface area contributed by atoms with Crippen molar-refractivity contribution < 1.29 is 19.3 Å². The first-order chi connectivity index (χ1) is 16.0. The fourth-order valence-corrected chi connectivity index (χ4v) is 3.55. The highest BCUT2D eigenvalue weighted by Gasteiger charge is 2.24.